The second-order valence-corrected chi connectivity index (χ2v) is 10.9. The predicted molar refractivity (Wildman–Crippen MR) is 180 cm³/mol. The minimum Gasteiger partial charge on any atom is -0.330 e. The Balaban J connectivity index is 3.02. The van der Waals surface area contributed by atoms with Gasteiger partial charge in [0, 0.05) is 0 Å². The second-order valence-electron chi connectivity index (χ2n) is 10.9. The Kier molecular flexibility index (Phi) is 39.1. The Bertz CT molecular complexity index is 409. The van der Waals surface area contributed by atoms with E-state index < -0.39 is 0 Å². The summed E-state index contributed by atoms with van der Waals surface area (Å²) in [5.74, 6) is 0. The van der Waals surface area contributed by atoms with Crippen molar-refractivity contribution in [1.29, 1.82) is 0 Å². The van der Waals surface area contributed by atoms with Crippen LogP contribution in [0.4, 0.5) is 0 Å². The summed E-state index contributed by atoms with van der Waals surface area (Å²) < 4.78 is 0. The van der Waals surface area contributed by atoms with Gasteiger partial charge in [-0.3, -0.25) is 0 Å². The Morgan fingerprint density at radius 1 is 0.195 bits per heavy atom. The van der Waals surface area contributed by atoms with Crippen LogP contribution in [0.5, 0.6) is 0 Å². The van der Waals surface area contributed by atoms with E-state index in [-0.39, 0.29) is 0 Å². The molecule has 0 saturated heterocycles. The first-order chi connectivity index (χ1) is 20.4. The van der Waals surface area contributed by atoms with Crippen LogP contribution >= 0.6 is 0 Å². The van der Waals surface area contributed by atoms with Crippen LogP contribution in [0.3, 0.4) is 0 Å². The molecule has 0 radical (unpaired) electrons. The maximum Gasteiger partial charge on any atom is -0.00368 e. The van der Waals surface area contributed by atoms with Crippen molar-refractivity contribution in [3.8, 4) is 0 Å². The molecule has 0 saturated carbocycles. The quantitative estimate of drug-likeness (QED) is 0.0407. The smallest absolute Gasteiger partial charge is 0.00368 e. The molecule has 11 heteroatoms. The zero-order chi connectivity index (χ0) is 29.6. The highest BCUT2D eigenvalue weighted by atomic mass is 14.9. The first-order valence-corrected chi connectivity index (χ1v) is 17.2. The molecule has 0 heterocycles. The Morgan fingerprint density at radius 3 is 0.439 bits per heavy atom. The SMILES string of the molecule is NCCCNCCCNCCCNCCCNCCCNCCCNCCCNCCCNCCCNCCCN. The molecular weight excluding hydrogens is 514 g/mol. The Labute approximate surface area is 254 Å². The summed E-state index contributed by atoms with van der Waals surface area (Å²) >= 11 is 0. The topological polar surface area (TPSA) is 160 Å². The molecule has 0 spiro atoms. The lowest BCUT2D eigenvalue weighted by molar-refractivity contribution is 0.533. The summed E-state index contributed by atoms with van der Waals surface area (Å²) in [5.41, 5.74) is 11.0. The van der Waals surface area contributed by atoms with E-state index in [0.717, 1.165) is 144 Å². The van der Waals surface area contributed by atoms with Crippen LogP contribution in [0.2, 0.25) is 0 Å². The van der Waals surface area contributed by atoms with Crippen LogP contribution in [0.1, 0.15) is 64.2 Å². The minimum atomic E-state index is 0.777. The van der Waals surface area contributed by atoms with Gasteiger partial charge in [0.05, 0.1) is 0 Å². The average molecular weight is 588 g/mol. The van der Waals surface area contributed by atoms with E-state index in [2.05, 4.69) is 47.9 Å². The van der Waals surface area contributed by atoms with Crippen molar-refractivity contribution < 1.29 is 0 Å². The van der Waals surface area contributed by atoms with Crippen molar-refractivity contribution in [2.24, 2.45) is 11.5 Å². The van der Waals surface area contributed by atoms with Crippen molar-refractivity contribution in [3.63, 3.8) is 0 Å². The number of nitrogens with one attached hydrogen (secondary N) is 9. The molecule has 0 rings (SSSR count). The van der Waals surface area contributed by atoms with Crippen LogP contribution in [-0.2, 0) is 0 Å². The molecule has 0 aromatic rings. The van der Waals surface area contributed by atoms with Crippen LogP contribution < -0.4 is 59.3 Å². The lowest BCUT2D eigenvalue weighted by Crippen LogP contribution is -2.28. The molecule has 13 N–H and O–H groups in total. The minimum absolute atomic E-state index is 0.777. The van der Waals surface area contributed by atoms with Crippen LogP contribution in [-0.4, -0.2) is 131 Å². The van der Waals surface area contributed by atoms with Crippen LogP contribution in [0.15, 0.2) is 0 Å². The van der Waals surface area contributed by atoms with Gasteiger partial charge in [-0.2, -0.15) is 0 Å². The van der Waals surface area contributed by atoms with E-state index in [9.17, 15) is 0 Å². The largest absolute Gasteiger partial charge is 0.330 e. The zero-order valence-electron chi connectivity index (χ0n) is 26.9. The summed E-state index contributed by atoms with van der Waals surface area (Å²) in [6.45, 7) is 21.2. The van der Waals surface area contributed by atoms with Gasteiger partial charge in [0.1, 0.15) is 0 Å². The monoisotopic (exact) mass is 588 g/mol. The number of hydrogen-bond donors (Lipinski definition) is 11. The van der Waals surface area contributed by atoms with Gasteiger partial charge in [0.2, 0.25) is 0 Å². The van der Waals surface area contributed by atoms with E-state index in [1.807, 2.05) is 0 Å². The summed E-state index contributed by atoms with van der Waals surface area (Å²) in [5, 5.41) is 31.6. The Morgan fingerprint density at radius 2 is 0.317 bits per heavy atom. The summed E-state index contributed by atoms with van der Waals surface area (Å²) in [6, 6.07) is 0. The third-order valence-corrected chi connectivity index (χ3v) is 6.77. The molecular formula is C30H73N11. The molecule has 0 amide bonds. The fraction of sp³-hybridized carbons (Fsp3) is 1.00. The maximum absolute atomic E-state index is 5.48. The average Bonchev–Trinajstić information content (AvgIpc) is 2.98. The van der Waals surface area contributed by atoms with Gasteiger partial charge in [0.15, 0.2) is 0 Å². The molecule has 0 aromatic heterocycles. The van der Waals surface area contributed by atoms with Crippen LogP contribution in [0, 0.1) is 0 Å². The Hall–Kier alpha value is -0.440. The summed E-state index contributed by atoms with van der Waals surface area (Å²) in [4.78, 5) is 0. The molecule has 0 atom stereocenters. The molecule has 0 unspecified atom stereocenters. The first kappa shape index (κ1) is 40.6. The lowest BCUT2D eigenvalue weighted by Gasteiger charge is -2.09. The molecule has 0 aliphatic rings. The van der Waals surface area contributed by atoms with E-state index in [1.165, 1.54) is 51.4 Å². The first-order valence-electron chi connectivity index (χ1n) is 17.2. The fourth-order valence-electron chi connectivity index (χ4n) is 4.29. The van der Waals surface area contributed by atoms with Crippen LogP contribution in [0.25, 0.3) is 0 Å². The van der Waals surface area contributed by atoms with Gasteiger partial charge in [-0.1, -0.05) is 0 Å². The van der Waals surface area contributed by atoms with E-state index >= 15 is 0 Å². The fourth-order valence-corrected chi connectivity index (χ4v) is 4.29. The van der Waals surface area contributed by atoms with E-state index in [0.29, 0.717) is 0 Å². The van der Waals surface area contributed by atoms with Gasteiger partial charge in [-0.15, -0.1) is 0 Å². The van der Waals surface area contributed by atoms with Gasteiger partial charge >= 0.3 is 0 Å². The molecule has 41 heavy (non-hydrogen) atoms. The standard InChI is InChI=1S/C30H73N11/c31-11-1-13-33-15-3-17-35-19-5-21-37-23-7-25-39-27-9-29-41-30-10-28-40-26-8-24-38-22-6-20-36-18-4-16-34-14-2-12-32/h33-41H,1-32H2. The molecule has 0 aliphatic carbocycles. The number of nitrogens with two attached hydrogens (primary N) is 2. The van der Waals surface area contributed by atoms with Crippen molar-refractivity contribution in [2.75, 3.05) is 131 Å². The molecule has 0 aromatic carbocycles. The van der Waals surface area contributed by atoms with Crippen molar-refractivity contribution in [3.05, 3.63) is 0 Å². The normalized spacial score (nSPS) is 11.6. The number of hydrogen-bond acceptors (Lipinski definition) is 11. The third-order valence-electron chi connectivity index (χ3n) is 6.77. The van der Waals surface area contributed by atoms with E-state index in [1.54, 1.807) is 0 Å². The molecule has 0 aliphatic heterocycles. The van der Waals surface area contributed by atoms with Gasteiger partial charge < -0.3 is 59.3 Å². The van der Waals surface area contributed by atoms with Crippen molar-refractivity contribution in [2.45, 2.75) is 64.2 Å². The third kappa shape index (κ3) is 39.6. The lowest BCUT2D eigenvalue weighted by atomic mass is 10.3. The summed E-state index contributed by atoms with van der Waals surface area (Å²) in [7, 11) is 0. The highest BCUT2D eigenvalue weighted by Gasteiger charge is 1.95. The van der Waals surface area contributed by atoms with Gasteiger partial charge in [0.25, 0.3) is 0 Å². The predicted octanol–water partition coefficient (Wildman–Crippen LogP) is -0.889. The van der Waals surface area contributed by atoms with Gasteiger partial charge in [-0.05, 0) is 195 Å². The van der Waals surface area contributed by atoms with E-state index in [4.69, 9.17) is 11.5 Å². The van der Waals surface area contributed by atoms with Gasteiger partial charge in [-0.25, -0.2) is 0 Å². The summed E-state index contributed by atoms with van der Waals surface area (Å²) in [6.07, 6.45) is 11.7. The molecule has 248 valence electrons. The molecule has 0 bridgehead atoms. The molecule has 0 fully saturated rings. The highest BCUT2D eigenvalue weighted by Crippen LogP contribution is 1.83. The number of rotatable bonds is 38. The zero-order valence-corrected chi connectivity index (χ0v) is 26.9. The highest BCUT2D eigenvalue weighted by molar-refractivity contribution is 4.59. The van der Waals surface area contributed by atoms with Crippen molar-refractivity contribution >= 4 is 0 Å². The van der Waals surface area contributed by atoms with Crippen molar-refractivity contribution in [1.82, 2.24) is 47.9 Å². The molecule has 11 nitrogen and oxygen atoms in total. The maximum atomic E-state index is 5.48. The second kappa shape index (κ2) is 39.6.